The minimum Gasteiger partial charge on any atom is -0.370 e. The van der Waals surface area contributed by atoms with Crippen molar-refractivity contribution >= 4 is 21.6 Å². The number of ether oxygens (including phenoxy) is 1. The molecule has 2 N–H and O–H groups in total. The Morgan fingerprint density at radius 3 is 2.60 bits per heavy atom. The number of hydrogen-bond acceptors (Lipinski definition) is 4. The summed E-state index contributed by atoms with van der Waals surface area (Å²) in [6.45, 7) is 8.25. The molecule has 140 valence electrons. The van der Waals surface area contributed by atoms with Crippen molar-refractivity contribution in [2.24, 2.45) is 0 Å². The van der Waals surface area contributed by atoms with Gasteiger partial charge in [-0.1, -0.05) is 12.1 Å². The highest BCUT2D eigenvalue weighted by molar-refractivity contribution is 7.92. The first-order valence-electron chi connectivity index (χ1n) is 8.50. The van der Waals surface area contributed by atoms with Gasteiger partial charge in [0.2, 0.25) is 15.9 Å². The van der Waals surface area contributed by atoms with Crippen LogP contribution in [-0.2, 0) is 19.6 Å². The number of aryl methyl sites for hydroxylation is 2. The molecule has 0 aliphatic carbocycles. The van der Waals surface area contributed by atoms with E-state index in [1.165, 1.54) is 9.21 Å². The fraction of sp³-hybridized carbons (Fsp3) is 0.588. The monoisotopic (exact) mass is 370 g/mol. The van der Waals surface area contributed by atoms with Crippen LogP contribution in [0.4, 0.5) is 5.69 Å². The molecular formula is C17H28N3O4S+. The molecule has 1 aromatic rings. The Morgan fingerprint density at radius 1 is 1.28 bits per heavy atom. The second kappa shape index (κ2) is 8.64. The number of anilines is 1. The van der Waals surface area contributed by atoms with Gasteiger partial charge in [-0.15, -0.1) is 0 Å². The van der Waals surface area contributed by atoms with Crippen LogP contribution in [0.1, 0.15) is 11.1 Å². The van der Waals surface area contributed by atoms with Gasteiger partial charge in [0.25, 0.3) is 0 Å². The third-order valence-corrected chi connectivity index (χ3v) is 5.45. The van der Waals surface area contributed by atoms with Crippen molar-refractivity contribution in [3.63, 3.8) is 0 Å². The summed E-state index contributed by atoms with van der Waals surface area (Å²) in [7, 11) is -3.55. The van der Waals surface area contributed by atoms with Gasteiger partial charge in [0, 0.05) is 0 Å². The average molecular weight is 370 g/mol. The Hall–Kier alpha value is -1.64. The van der Waals surface area contributed by atoms with Crippen LogP contribution in [0.5, 0.6) is 0 Å². The summed E-state index contributed by atoms with van der Waals surface area (Å²) in [6.07, 6.45) is 1.12. The molecule has 0 radical (unpaired) electrons. The number of carbonyl (C=O) groups is 1. The van der Waals surface area contributed by atoms with Crippen LogP contribution in [0.2, 0.25) is 0 Å². The van der Waals surface area contributed by atoms with Crippen LogP contribution < -0.4 is 14.5 Å². The van der Waals surface area contributed by atoms with Crippen LogP contribution in [-0.4, -0.2) is 66.5 Å². The first-order chi connectivity index (χ1) is 11.8. The number of nitrogens with zero attached hydrogens (tertiary/aromatic N) is 1. The number of carbonyl (C=O) groups excluding carboxylic acids is 1. The number of rotatable bonds is 7. The summed E-state index contributed by atoms with van der Waals surface area (Å²) in [5.41, 5.74) is 2.32. The number of benzene rings is 1. The minimum atomic E-state index is -3.55. The molecule has 1 aromatic carbocycles. The van der Waals surface area contributed by atoms with Crippen molar-refractivity contribution in [1.29, 1.82) is 0 Å². The quantitative estimate of drug-likeness (QED) is 0.652. The maximum Gasteiger partial charge on any atom is 0.240 e. The summed E-state index contributed by atoms with van der Waals surface area (Å²) >= 11 is 0. The topological polar surface area (TPSA) is 80.2 Å². The highest BCUT2D eigenvalue weighted by atomic mass is 32.2. The standard InChI is InChI=1S/C17H27N3O4S/c1-14-4-5-15(2)16(12-14)20(25(3,22)23)13-17(21)18-6-7-19-8-10-24-11-9-19/h4-5,12H,6-11,13H2,1-3H3,(H,18,21)/p+1. The summed E-state index contributed by atoms with van der Waals surface area (Å²) in [5.74, 6) is -0.293. The zero-order valence-corrected chi connectivity index (χ0v) is 16.0. The van der Waals surface area contributed by atoms with Gasteiger partial charge in [-0.05, 0) is 31.0 Å². The van der Waals surface area contributed by atoms with Crippen molar-refractivity contribution in [3.05, 3.63) is 29.3 Å². The van der Waals surface area contributed by atoms with E-state index in [9.17, 15) is 13.2 Å². The number of hydrogen-bond donors (Lipinski definition) is 2. The summed E-state index contributed by atoms with van der Waals surface area (Å²) < 4.78 is 30.8. The van der Waals surface area contributed by atoms with Gasteiger partial charge in [-0.25, -0.2) is 8.42 Å². The summed E-state index contributed by atoms with van der Waals surface area (Å²) in [6, 6.07) is 5.58. The van der Waals surface area contributed by atoms with Crippen molar-refractivity contribution < 1.29 is 22.8 Å². The van der Waals surface area contributed by atoms with Gasteiger partial charge < -0.3 is 15.0 Å². The predicted octanol–water partition coefficient (Wildman–Crippen LogP) is -0.899. The molecule has 1 aliphatic heterocycles. The average Bonchev–Trinajstić information content (AvgIpc) is 2.55. The van der Waals surface area contributed by atoms with E-state index >= 15 is 0 Å². The van der Waals surface area contributed by atoms with Crippen LogP contribution in [0.15, 0.2) is 18.2 Å². The largest absolute Gasteiger partial charge is 0.370 e. The summed E-state index contributed by atoms with van der Waals surface area (Å²) in [5, 5.41) is 2.83. The Labute approximate surface area is 150 Å². The molecule has 1 amide bonds. The molecule has 1 fully saturated rings. The predicted molar refractivity (Wildman–Crippen MR) is 97.5 cm³/mol. The van der Waals surface area contributed by atoms with Crippen molar-refractivity contribution in [3.8, 4) is 0 Å². The van der Waals surface area contributed by atoms with E-state index in [1.54, 1.807) is 6.07 Å². The molecule has 1 saturated heterocycles. The number of amides is 1. The van der Waals surface area contributed by atoms with E-state index in [4.69, 9.17) is 4.74 Å². The van der Waals surface area contributed by atoms with E-state index in [-0.39, 0.29) is 12.5 Å². The van der Waals surface area contributed by atoms with Crippen LogP contribution >= 0.6 is 0 Å². The van der Waals surface area contributed by atoms with Gasteiger partial charge in [-0.2, -0.15) is 0 Å². The zero-order chi connectivity index (χ0) is 18.4. The second-order valence-electron chi connectivity index (χ2n) is 6.52. The molecule has 0 spiro atoms. The normalized spacial score (nSPS) is 15.8. The number of morpholine rings is 1. The maximum atomic E-state index is 12.3. The molecule has 1 heterocycles. The van der Waals surface area contributed by atoms with Crippen molar-refractivity contribution in [1.82, 2.24) is 5.32 Å². The fourth-order valence-electron chi connectivity index (χ4n) is 2.84. The van der Waals surface area contributed by atoms with Crippen LogP contribution in [0.25, 0.3) is 0 Å². The van der Waals surface area contributed by atoms with E-state index in [0.29, 0.717) is 12.2 Å². The van der Waals surface area contributed by atoms with E-state index < -0.39 is 10.0 Å². The molecule has 0 bridgehead atoms. The second-order valence-corrected chi connectivity index (χ2v) is 8.43. The Bertz CT molecular complexity index is 700. The lowest BCUT2D eigenvalue weighted by atomic mass is 10.1. The van der Waals surface area contributed by atoms with E-state index in [2.05, 4.69) is 5.32 Å². The molecular weight excluding hydrogens is 342 g/mol. The number of nitrogens with one attached hydrogen (secondary N) is 2. The highest BCUT2D eigenvalue weighted by Crippen LogP contribution is 2.23. The first-order valence-corrected chi connectivity index (χ1v) is 10.3. The lowest BCUT2D eigenvalue weighted by molar-refractivity contribution is -0.906. The van der Waals surface area contributed by atoms with Crippen LogP contribution in [0, 0.1) is 13.8 Å². The smallest absolute Gasteiger partial charge is 0.240 e. The number of sulfonamides is 1. The Kier molecular flexibility index (Phi) is 6.80. The van der Waals surface area contributed by atoms with Gasteiger partial charge >= 0.3 is 0 Å². The zero-order valence-electron chi connectivity index (χ0n) is 15.2. The van der Waals surface area contributed by atoms with Gasteiger partial charge in [0.05, 0.1) is 38.2 Å². The minimum absolute atomic E-state index is 0.207. The lowest BCUT2D eigenvalue weighted by Gasteiger charge is -2.25. The third kappa shape index (κ3) is 5.98. The summed E-state index contributed by atoms with van der Waals surface area (Å²) in [4.78, 5) is 13.7. The Morgan fingerprint density at radius 2 is 1.96 bits per heavy atom. The maximum absolute atomic E-state index is 12.3. The molecule has 8 heteroatoms. The molecule has 25 heavy (non-hydrogen) atoms. The molecule has 0 aromatic heterocycles. The SMILES string of the molecule is Cc1ccc(C)c(N(CC(=O)NCC[NH+]2CCOCC2)S(C)(=O)=O)c1. The molecule has 7 nitrogen and oxygen atoms in total. The molecule has 0 unspecified atom stereocenters. The lowest BCUT2D eigenvalue weighted by Crippen LogP contribution is -3.14. The van der Waals surface area contributed by atoms with Crippen molar-refractivity contribution in [2.75, 3.05) is 56.5 Å². The van der Waals surface area contributed by atoms with E-state index in [0.717, 1.165) is 50.2 Å². The fourth-order valence-corrected chi connectivity index (χ4v) is 3.75. The van der Waals surface area contributed by atoms with Crippen molar-refractivity contribution in [2.45, 2.75) is 13.8 Å². The van der Waals surface area contributed by atoms with Gasteiger partial charge in [0.1, 0.15) is 19.6 Å². The van der Waals surface area contributed by atoms with Crippen LogP contribution in [0.3, 0.4) is 0 Å². The first kappa shape index (κ1) is 19.7. The molecule has 2 rings (SSSR count). The molecule has 0 saturated carbocycles. The van der Waals surface area contributed by atoms with Gasteiger partial charge in [0.15, 0.2) is 0 Å². The Balaban J connectivity index is 1.97. The number of quaternary nitrogens is 1. The molecule has 0 atom stereocenters. The third-order valence-electron chi connectivity index (χ3n) is 4.32. The molecule has 1 aliphatic rings. The van der Waals surface area contributed by atoms with Gasteiger partial charge in [-0.3, -0.25) is 9.10 Å². The highest BCUT2D eigenvalue weighted by Gasteiger charge is 2.22. The van der Waals surface area contributed by atoms with E-state index in [1.807, 2.05) is 26.0 Å².